The molecule has 0 aliphatic rings. The van der Waals surface area contributed by atoms with E-state index in [1.807, 2.05) is 25.1 Å². The molecule has 0 fully saturated rings. The van der Waals surface area contributed by atoms with Gasteiger partial charge < -0.3 is 10.1 Å². The molecule has 1 aromatic heterocycles. The fourth-order valence-electron chi connectivity index (χ4n) is 1.30. The number of hydrogen-bond acceptors (Lipinski definition) is 3. The molecule has 0 spiro atoms. The minimum absolute atomic E-state index is 0.252. The van der Waals surface area contributed by atoms with Gasteiger partial charge in [0.1, 0.15) is 4.60 Å². The van der Waals surface area contributed by atoms with E-state index < -0.39 is 0 Å². The number of nitrogens with zero attached hydrogens (tertiary/aromatic N) is 1. The van der Waals surface area contributed by atoms with E-state index in [4.69, 9.17) is 4.74 Å². The first-order valence-corrected chi connectivity index (χ1v) is 5.95. The highest BCUT2D eigenvalue weighted by Crippen LogP contribution is 2.05. The molecule has 0 aliphatic carbocycles. The Morgan fingerprint density at radius 1 is 1.53 bits per heavy atom. The number of nitrogens with one attached hydrogen (secondary N) is 1. The van der Waals surface area contributed by atoms with Crippen molar-refractivity contribution >= 4 is 15.9 Å². The normalized spacial score (nSPS) is 12.7. The summed E-state index contributed by atoms with van der Waals surface area (Å²) in [6, 6.07) is 5.91. The van der Waals surface area contributed by atoms with Crippen molar-refractivity contribution < 1.29 is 4.74 Å². The molecule has 4 heteroatoms. The Kier molecular flexibility index (Phi) is 5.83. The second-order valence-electron chi connectivity index (χ2n) is 3.35. The number of ether oxygens (including phenoxy) is 1. The molecule has 0 aromatic carbocycles. The molecule has 0 amide bonds. The second-order valence-corrected chi connectivity index (χ2v) is 4.16. The van der Waals surface area contributed by atoms with E-state index in [2.05, 4.69) is 33.2 Å². The minimum Gasteiger partial charge on any atom is -0.377 e. The fraction of sp³-hybridized carbons (Fsp3) is 0.545. The molecule has 3 nitrogen and oxygen atoms in total. The first-order chi connectivity index (χ1) is 7.22. The topological polar surface area (TPSA) is 34.1 Å². The summed E-state index contributed by atoms with van der Waals surface area (Å²) >= 11 is 3.34. The number of rotatable bonds is 6. The summed E-state index contributed by atoms with van der Waals surface area (Å²) in [4.78, 5) is 4.33. The van der Waals surface area contributed by atoms with Crippen LogP contribution in [0.2, 0.25) is 0 Å². The van der Waals surface area contributed by atoms with Crippen molar-refractivity contribution in [1.29, 1.82) is 0 Å². The van der Waals surface area contributed by atoms with E-state index >= 15 is 0 Å². The monoisotopic (exact) mass is 272 g/mol. The molecule has 0 bridgehead atoms. The minimum atomic E-state index is 0.252. The molecule has 1 rings (SSSR count). The lowest BCUT2D eigenvalue weighted by Gasteiger charge is -2.12. The predicted molar refractivity (Wildman–Crippen MR) is 64.7 cm³/mol. The fourth-order valence-corrected chi connectivity index (χ4v) is 1.68. The van der Waals surface area contributed by atoms with Crippen LogP contribution >= 0.6 is 15.9 Å². The lowest BCUT2D eigenvalue weighted by atomic mass is 10.3. The molecule has 0 saturated heterocycles. The molecule has 15 heavy (non-hydrogen) atoms. The van der Waals surface area contributed by atoms with Crippen LogP contribution in [-0.2, 0) is 11.3 Å². The SMILES string of the molecule is CCOC(C)CNCc1cccc(Br)n1. The van der Waals surface area contributed by atoms with Gasteiger partial charge in [0.2, 0.25) is 0 Å². The number of hydrogen-bond donors (Lipinski definition) is 1. The molecule has 84 valence electrons. The van der Waals surface area contributed by atoms with Crippen LogP contribution in [0.5, 0.6) is 0 Å². The van der Waals surface area contributed by atoms with E-state index in [0.717, 1.165) is 30.0 Å². The molecule has 0 aliphatic heterocycles. The van der Waals surface area contributed by atoms with Gasteiger partial charge in [0.15, 0.2) is 0 Å². The molecule has 0 saturated carbocycles. The predicted octanol–water partition coefficient (Wildman–Crippen LogP) is 2.36. The average Bonchev–Trinajstić information content (AvgIpc) is 2.18. The Balaban J connectivity index is 2.25. The van der Waals surface area contributed by atoms with E-state index in [1.54, 1.807) is 0 Å². The number of aromatic nitrogens is 1. The van der Waals surface area contributed by atoms with Crippen molar-refractivity contribution in [2.45, 2.75) is 26.5 Å². The highest BCUT2D eigenvalue weighted by Gasteiger charge is 2.00. The van der Waals surface area contributed by atoms with E-state index in [0.29, 0.717) is 0 Å². The quantitative estimate of drug-likeness (QED) is 0.808. The van der Waals surface area contributed by atoms with E-state index in [1.165, 1.54) is 0 Å². The van der Waals surface area contributed by atoms with Crippen molar-refractivity contribution in [2.24, 2.45) is 0 Å². The summed E-state index contributed by atoms with van der Waals surface area (Å²) in [5.41, 5.74) is 1.04. The molecule has 1 unspecified atom stereocenters. The van der Waals surface area contributed by atoms with Crippen molar-refractivity contribution in [2.75, 3.05) is 13.2 Å². The third kappa shape index (κ3) is 5.25. The van der Waals surface area contributed by atoms with Gasteiger partial charge in [0.25, 0.3) is 0 Å². The maximum atomic E-state index is 5.41. The summed E-state index contributed by atoms with van der Waals surface area (Å²) in [5, 5.41) is 3.31. The van der Waals surface area contributed by atoms with Crippen molar-refractivity contribution in [3.05, 3.63) is 28.5 Å². The molecule has 1 atom stereocenters. The zero-order valence-electron chi connectivity index (χ0n) is 9.16. The largest absolute Gasteiger partial charge is 0.377 e. The van der Waals surface area contributed by atoms with Gasteiger partial charge in [-0.15, -0.1) is 0 Å². The Morgan fingerprint density at radius 2 is 2.33 bits per heavy atom. The van der Waals surface area contributed by atoms with Gasteiger partial charge >= 0.3 is 0 Å². The third-order valence-electron chi connectivity index (χ3n) is 1.96. The van der Waals surface area contributed by atoms with Gasteiger partial charge in [0, 0.05) is 19.7 Å². The van der Waals surface area contributed by atoms with Gasteiger partial charge in [-0.2, -0.15) is 0 Å². The lowest BCUT2D eigenvalue weighted by molar-refractivity contribution is 0.0759. The van der Waals surface area contributed by atoms with Crippen LogP contribution in [0, 0.1) is 0 Å². The summed E-state index contributed by atoms with van der Waals surface area (Å²) in [6.45, 7) is 6.45. The molecule has 0 radical (unpaired) electrons. The maximum absolute atomic E-state index is 5.41. The van der Waals surface area contributed by atoms with Gasteiger partial charge in [-0.3, -0.25) is 0 Å². The van der Waals surface area contributed by atoms with Crippen LogP contribution in [0.3, 0.4) is 0 Å². The van der Waals surface area contributed by atoms with Crippen molar-refractivity contribution in [1.82, 2.24) is 10.3 Å². The molecule has 1 heterocycles. The summed E-state index contributed by atoms with van der Waals surface area (Å²) < 4.78 is 6.29. The highest BCUT2D eigenvalue weighted by atomic mass is 79.9. The Hall–Kier alpha value is -0.450. The van der Waals surface area contributed by atoms with Crippen molar-refractivity contribution in [3.63, 3.8) is 0 Å². The Bertz CT molecular complexity index is 294. The first kappa shape index (κ1) is 12.6. The molecule has 1 N–H and O–H groups in total. The van der Waals surface area contributed by atoms with Crippen LogP contribution in [0.15, 0.2) is 22.8 Å². The van der Waals surface area contributed by atoms with Crippen LogP contribution in [0.4, 0.5) is 0 Å². The highest BCUT2D eigenvalue weighted by molar-refractivity contribution is 9.10. The van der Waals surface area contributed by atoms with E-state index in [9.17, 15) is 0 Å². The summed E-state index contributed by atoms with van der Waals surface area (Å²) in [7, 11) is 0. The van der Waals surface area contributed by atoms with Crippen LogP contribution in [0.25, 0.3) is 0 Å². The molecule has 1 aromatic rings. The van der Waals surface area contributed by atoms with Gasteiger partial charge in [-0.1, -0.05) is 6.07 Å². The van der Waals surface area contributed by atoms with Crippen molar-refractivity contribution in [3.8, 4) is 0 Å². The second kappa shape index (κ2) is 6.93. The summed E-state index contributed by atoms with van der Waals surface area (Å²) in [6.07, 6.45) is 0.252. The Labute approximate surface area is 99.4 Å². The number of halogens is 1. The zero-order chi connectivity index (χ0) is 11.1. The summed E-state index contributed by atoms with van der Waals surface area (Å²) in [5.74, 6) is 0. The standard InChI is InChI=1S/C11H17BrN2O/c1-3-15-9(2)7-13-8-10-5-4-6-11(12)14-10/h4-6,9,13H,3,7-8H2,1-2H3. The van der Waals surface area contributed by atoms with Gasteiger partial charge in [-0.05, 0) is 41.9 Å². The molecular weight excluding hydrogens is 256 g/mol. The van der Waals surface area contributed by atoms with Crippen LogP contribution < -0.4 is 5.32 Å². The maximum Gasteiger partial charge on any atom is 0.106 e. The van der Waals surface area contributed by atoms with Crippen LogP contribution in [0.1, 0.15) is 19.5 Å². The van der Waals surface area contributed by atoms with E-state index in [-0.39, 0.29) is 6.10 Å². The smallest absolute Gasteiger partial charge is 0.106 e. The Morgan fingerprint density at radius 3 is 3.00 bits per heavy atom. The lowest BCUT2D eigenvalue weighted by Crippen LogP contribution is -2.26. The first-order valence-electron chi connectivity index (χ1n) is 5.16. The third-order valence-corrected chi connectivity index (χ3v) is 2.40. The van der Waals surface area contributed by atoms with Gasteiger partial charge in [-0.25, -0.2) is 4.98 Å². The zero-order valence-corrected chi connectivity index (χ0v) is 10.8. The van der Waals surface area contributed by atoms with Gasteiger partial charge in [0.05, 0.1) is 11.8 Å². The average molecular weight is 273 g/mol. The molecular formula is C11H17BrN2O. The van der Waals surface area contributed by atoms with Crippen LogP contribution in [-0.4, -0.2) is 24.2 Å². The number of pyridine rings is 1.